The molecule has 0 aliphatic heterocycles. The van der Waals surface area contributed by atoms with Crippen molar-refractivity contribution in [1.29, 1.82) is 0 Å². The Balaban J connectivity index is 1.66. The van der Waals surface area contributed by atoms with Crippen molar-refractivity contribution in [1.82, 2.24) is 24.8 Å². The molecular formula is C19H17N5O2. The lowest BCUT2D eigenvalue weighted by atomic mass is 10.1. The van der Waals surface area contributed by atoms with E-state index in [0.29, 0.717) is 11.3 Å². The van der Waals surface area contributed by atoms with Gasteiger partial charge in [-0.15, -0.1) is 0 Å². The van der Waals surface area contributed by atoms with Crippen molar-refractivity contribution in [2.45, 2.75) is 19.9 Å². The third-order valence-corrected chi connectivity index (χ3v) is 4.42. The molecule has 0 amide bonds. The van der Waals surface area contributed by atoms with Gasteiger partial charge in [0.05, 0.1) is 5.69 Å². The second kappa shape index (κ2) is 6.44. The zero-order valence-electron chi connectivity index (χ0n) is 14.2. The molecule has 0 aliphatic carbocycles. The van der Waals surface area contributed by atoms with E-state index in [-0.39, 0.29) is 12.3 Å². The van der Waals surface area contributed by atoms with Gasteiger partial charge in [0.2, 0.25) is 0 Å². The van der Waals surface area contributed by atoms with E-state index in [1.807, 2.05) is 36.4 Å². The lowest BCUT2D eigenvalue weighted by molar-refractivity contribution is 0.0967. The van der Waals surface area contributed by atoms with Gasteiger partial charge in [-0.3, -0.25) is 4.79 Å². The van der Waals surface area contributed by atoms with Crippen molar-refractivity contribution in [3.63, 3.8) is 0 Å². The number of tetrazole rings is 1. The van der Waals surface area contributed by atoms with Gasteiger partial charge in [-0.05, 0) is 34.5 Å². The van der Waals surface area contributed by atoms with Crippen LogP contribution in [0.5, 0.6) is 0 Å². The van der Waals surface area contributed by atoms with Crippen LogP contribution in [0.4, 0.5) is 0 Å². The summed E-state index contributed by atoms with van der Waals surface area (Å²) in [4.78, 5) is 28.4. The summed E-state index contributed by atoms with van der Waals surface area (Å²) in [6.45, 7) is 1.91. The summed E-state index contributed by atoms with van der Waals surface area (Å²) in [5.41, 5.74) is 2.82. The van der Waals surface area contributed by atoms with Crippen LogP contribution in [0.15, 0.2) is 59.5 Å². The summed E-state index contributed by atoms with van der Waals surface area (Å²) in [5, 5.41) is 8.57. The second-order valence-corrected chi connectivity index (χ2v) is 5.99. The van der Waals surface area contributed by atoms with E-state index >= 15 is 0 Å². The second-order valence-electron chi connectivity index (χ2n) is 5.99. The Morgan fingerprint density at radius 3 is 2.65 bits per heavy atom. The number of hydrogen-bond donors (Lipinski definition) is 1. The Morgan fingerprint density at radius 2 is 1.88 bits per heavy atom. The van der Waals surface area contributed by atoms with Crippen LogP contribution in [0.3, 0.4) is 0 Å². The van der Waals surface area contributed by atoms with Gasteiger partial charge in [0.1, 0.15) is 6.54 Å². The van der Waals surface area contributed by atoms with E-state index in [1.54, 1.807) is 18.3 Å². The molecule has 0 unspecified atom stereocenters. The Kier molecular flexibility index (Phi) is 3.96. The minimum atomic E-state index is -0.446. The Hall–Kier alpha value is -3.48. The van der Waals surface area contributed by atoms with E-state index in [1.165, 1.54) is 4.68 Å². The number of nitrogens with zero attached hydrogens (tertiary/aromatic N) is 4. The first-order valence-electron chi connectivity index (χ1n) is 8.39. The maximum atomic E-state index is 12.7. The minimum Gasteiger partial charge on any atom is -0.360 e. The van der Waals surface area contributed by atoms with Crippen LogP contribution in [0.1, 0.15) is 22.8 Å². The average molecular weight is 347 g/mol. The number of benzene rings is 2. The summed E-state index contributed by atoms with van der Waals surface area (Å²) < 4.78 is 2.26. The topological polar surface area (TPSA) is 85.6 Å². The minimum absolute atomic E-state index is 0.158. The van der Waals surface area contributed by atoms with Crippen molar-refractivity contribution in [3.8, 4) is 5.69 Å². The highest BCUT2D eigenvalue weighted by atomic mass is 16.2. The standard InChI is InChI=1S/C19H17N5O2/c1-2-13-7-6-10-15-16(11-20-18(13)15)17(25)12-23-19(26)24(22-21-23)14-8-4-3-5-9-14/h3-11,20H,2,12H2,1H3. The average Bonchev–Trinajstić information content (AvgIpc) is 3.26. The highest BCUT2D eigenvalue weighted by Crippen LogP contribution is 2.22. The number of para-hydroxylation sites is 2. The molecule has 0 aliphatic rings. The molecule has 0 fully saturated rings. The van der Waals surface area contributed by atoms with Crippen LogP contribution >= 0.6 is 0 Å². The quantitative estimate of drug-likeness (QED) is 0.562. The summed E-state index contributed by atoms with van der Waals surface area (Å²) in [6.07, 6.45) is 2.56. The number of fused-ring (bicyclic) bond motifs is 1. The SMILES string of the molecule is CCc1cccc2c(C(=O)Cn3nnn(-c4ccccc4)c3=O)c[nH]c12. The number of aromatic nitrogens is 5. The summed E-state index contributed by atoms with van der Waals surface area (Å²) in [7, 11) is 0. The summed E-state index contributed by atoms with van der Waals surface area (Å²) in [6, 6.07) is 14.9. The molecule has 4 aromatic rings. The molecule has 0 bridgehead atoms. The van der Waals surface area contributed by atoms with Crippen molar-refractivity contribution in [2.75, 3.05) is 0 Å². The normalized spacial score (nSPS) is 11.1. The molecule has 0 saturated heterocycles. The fourth-order valence-electron chi connectivity index (χ4n) is 3.07. The number of rotatable bonds is 5. The Bertz CT molecular complexity index is 1140. The number of aromatic amines is 1. The highest BCUT2D eigenvalue weighted by molar-refractivity contribution is 6.08. The first-order chi connectivity index (χ1) is 12.7. The van der Waals surface area contributed by atoms with E-state index in [0.717, 1.165) is 27.6 Å². The monoisotopic (exact) mass is 347 g/mol. The zero-order valence-corrected chi connectivity index (χ0v) is 14.2. The van der Waals surface area contributed by atoms with Gasteiger partial charge in [-0.1, -0.05) is 43.3 Å². The molecule has 4 rings (SSSR count). The number of Topliss-reactive ketones (excluding diaryl/α,β-unsaturated/α-hetero) is 1. The number of nitrogens with one attached hydrogen (secondary N) is 1. The van der Waals surface area contributed by atoms with Crippen LogP contribution in [-0.2, 0) is 13.0 Å². The molecule has 0 saturated carbocycles. The number of H-pyrrole nitrogens is 1. The predicted molar refractivity (Wildman–Crippen MR) is 97.6 cm³/mol. The van der Waals surface area contributed by atoms with E-state index in [9.17, 15) is 9.59 Å². The molecule has 0 spiro atoms. The van der Waals surface area contributed by atoms with E-state index in [4.69, 9.17) is 0 Å². The van der Waals surface area contributed by atoms with E-state index < -0.39 is 5.69 Å². The van der Waals surface area contributed by atoms with Crippen LogP contribution in [-0.4, -0.2) is 30.6 Å². The number of ketones is 1. The first kappa shape index (κ1) is 16.0. The Labute approximate surface area is 148 Å². The van der Waals surface area contributed by atoms with Crippen LogP contribution in [0.2, 0.25) is 0 Å². The van der Waals surface area contributed by atoms with Crippen LogP contribution in [0, 0.1) is 0 Å². The van der Waals surface area contributed by atoms with Gasteiger partial charge in [0.25, 0.3) is 0 Å². The molecule has 0 atom stereocenters. The molecule has 7 nitrogen and oxygen atoms in total. The summed E-state index contributed by atoms with van der Waals surface area (Å²) >= 11 is 0. The third-order valence-electron chi connectivity index (χ3n) is 4.42. The maximum Gasteiger partial charge on any atom is 0.368 e. The van der Waals surface area contributed by atoms with Gasteiger partial charge in [0, 0.05) is 22.7 Å². The number of hydrogen-bond acceptors (Lipinski definition) is 4. The smallest absolute Gasteiger partial charge is 0.360 e. The van der Waals surface area contributed by atoms with Gasteiger partial charge in [0.15, 0.2) is 5.78 Å². The van der Waals surface area contributed by atoms with Crippen molar-refractivity contribution < 1.29 is 4.79 Å². The summed E-state index contributed by atoms with van der Waals surface area (Å²) in [5.74, 6) is -0.188. The van der Waals surface area contributed by atoms with Gasteiger partial charge in [-0.25, -0.2) is 4.79 Å². The van der Waals surface area contributed by atoms with Crippen LogP contribution < -0.4 is 5.69 Å². The molecule has 1 N–H and O–H groups in total. The van der Waals surface area contributed by atoms with Gasteiger partial charge < -0.3 is 4.98 Å². The zero-order chi connectivity index (χ0) is 18.1. The lowest BCUT2D eigenvalue weighted by Gasteiger charge is -2.01. The fraction of sp³-hybridized carbons (Fsp3) is 0.158. The molecule has 130 valence electrons. The van der Waals surface area contributed by atoms with Gasteiger partial charge in [-0.2, -0.15) is 9.36 Å². The largest absolute Gasteiger partial charge is 0.368 e. The van der Waals surface area contributed by atoms with Crippen molar-refractivity contribution in [3.05, 3.63) is 76.3 Å². The lowest BCUT2D eigenvalue weighted by Crippen LogP contribution is -2.27. The number of carbonyl (C=O) groups excluding carboxylic acids is 1. The molecular weight excluding hydrogens is 330 g/mol. The Morgan fingerprint density at radius 1 is 1.08 bits per heavy atom. The number of aryl methyl sites for hydroxylation is 1. The predicted octanol–water partition coefficient (Wildman–Crippen LogP) is 2.36. The van der Waals surface area contributed by atoms with Gasteiger partial charge >= 0.3 is 5.69 Å². The third kappa shape index (κ3) is 2.63. The molecule has 2 heterocycles. The molecule has 2 aromatic carbocycles. The van der Waals surface area contributed by atoms with Crippen LogP contribution in [0.25, 0.3) is 16.6 Å². The first-order valence-corrected chi connectivity index (χ1v) is 8.39. The maximum absolute atomic E-state index is 12.7. The molecule has 26 heavy (non-hydrogen) atoms. The molecule has 0 radical (unpaired) electrons. The van der Waals surface area contributed by atoms with Crippen molar-refractivity contribution >= 4 is 16.7 Å². The molecule has 7 heteroatoms. The van der Waals surface area contributed by atoms with E-state index in [2.05, 4.69) is 22.3 Å². The fourth-order valence-corrected chi connectivity index (χ4v) is 3.07. The van der Waals surface area contributed by atoms with Crippen molar-refractivity contribution in [2.24, 2.45) is 0 Å². The highest BCUT2D eigenvalue weighted by Gasteiger charge is 2.17. The molecule has 2 aromatic heterocycles. The number of carbonyl (C=O) groups is 1.